The topological polar surface area (TPSA) is 80.0 Å². The number of H-pyrrole nitrogens is 2. The van der Waals surface area contributed by atoms with Crippen LogP contribution in [0.15, 0.2) is 29.2 Å². The third-order valence-electron chi connectivity index (χ3n) is 5.02. The van der Waals surface area contributed by atoms with Crippen molar-refractivity contribution in [1.82, 2.24) is 15.2 Å². The molecule has 3 aromatic rings. The summed E-state index contributed by atoms with van der Waals surface area (Å²) < 4.78 is 36.0. The number of alkyl halides is 2. The Bertz CT molecular complexity index is 1060. The molecule has 1 aromatic carbocycles. The van der Waals surface area contributed by atoms with E-state index in [1.54, 1.807) is 18.3 Å². The van der Waals surface area contributed by atoms with Gasteiger partial charge in [-0.05, 0) is 49.4 Å². The number of rotatable bonds is 9. The molecule has 4 rings (SSSR count). The molecule has 0 saturated heterocycles. The van der Waals surface area contributed by atoms with Gasteiger partial charge >= 0.3 is 6.61 Å². The van der Waals surface area contributed by atoms with Crippen molar-refractivity contribution in [1.29, 1.82) is 0 Å². The Morgan fingerprint density at radius 2 is 2.07 bits per heavy atom. The standard InChI is InChI=1S/C21H23F2N3O3/c1-2-3-4-5-14-18-15(11-24-26-20(18)27)25-19(14)12-6-9-16(29-21(22)23)17(10-12)28-13-7-8-13/h6,9-11,13,21,25H,2-5,7-8H2,1H3,(H,26,27). The number of aryl methyl sites for hydroxylation is 1. The third kappa shape index (κ3) is 4.26. The Kier molecular flexibility index (Phi) is 5.51. The van der Waals surface area contributed by atoms with Gasteiger partial charge in [0.1, 0.15) is 0 Å². The molecule has 0 spiro atoms. The summed E-state index contributed by atoms with van der Waals surface area (Å²) in [7, 11) is 0. The minimum absolute atomic E-state index is 0.0128. The zero-order valence-electron chi connectivity index (χ0n) is 16.1. The number of nitrogens with zero attached hydrogens (tertiary/aromatic N) is 1. The van der Waals surface area contributed by atoms with E-state index in [2.05, 4.69) is 26.8 Å². The molecule has 8 heteroatoms. The Morgan fingerprint density at radius 3 is 2.79 bits per heavy atom. The lowest BCUT2D eigenvalue weighted by atomic mass is 10.0. The van der Waals surface area contributed by atoms with E-state index in [1.165, 1.54) is 6.07 Å². The lowest BCUT2D eigenvalue weighted by Gasteiger charge is -2.14. The van der Waals surface area contributed by atoms with E-state index >= 15 is 0 Å². The number of aromatic nitrogens is 3. The summed E-state index contributed by atoms with van der Waals surface area (Å²) in [4.78, 5) is 15.7. The summed E-state index contributed by atoms with van der Waals surface area (Å²) in [6, 6.07) is 4.89. The van der Waals surface area contributed by atoms with Crippen LogP contribution in [0.1, 0.15) is 44.6 Å². The molecule has 0 radical (unpaired) electrons. The number of ether oxygens (including phenoxy) is 2. The minimum atomic E-state index is -2.93. The highest BCUT2D eigenvalue weighted by molar-refractivity contribution is 5.89. The van der Waals surface area contributed by atoms with E-state index in [1.807, 2.05) is 0 Å². The fourth-order valence-corrected chi connectivity index (χ4v) is 3.49. The van der Waals surface area contributed by atoms with Crippen molar-refractivity contribution in [3.05, 3.63) is 40.3 Å². The first-order chi connectivity index (χ1) is 14.1. The van der Waals surface area contributed by atoms with Gasteiger partial charge in [0.15, 0.2) is 11.5 Å². The number of fused-ring (bicyclic) bond motifs is 1. The molecule has 2 heterocycles. The third-order valence-corrected chi connectivity index (χ3v) is 5.02. The van der Waals surface area contributed by atoms with E-state index in [-0.39, 0.29) is 23.2 Å². The molecular formula is C21H23F2N3O3. The zero-order chi connectivity index (χ0) is 20.4. The summed E-state index contributed by atoms with van der Waals surface area (Å²) >= 11 is 0. The molecule has 2 N–H and O–H groups in total. The van der Waals surface area contributed by atoms with Gasteiger partial charge in [0.2, 0.25) is 0 Å². The highest BCUT2D eigenvalue weighted by atomic mass is 19.3. The van der Waals surface area contributed by atoms with Crippen molar-refractivity contribution in [3.63, 3.8) is 0 Å². The molecule has 1 aliphatic carbocycles. The number of aromatic amines is 2. The highest BCUT2D eigenvalue weighted by Gasteiger charge is 2.26. The zero-order valence-corrected chi connectivity index (χ0v) is 16.1. The van der Waals surface area contributed by atoms with Crippen LogP contribution in [0.3, 0.4) is 0 Å². The summed E-state index contributed by atoms with van der Waals surface area (Å²) in [5.74, 6) is 0.300. The van der Waals surface area contributed by atoms with Crippen LogP contribution in [-0.4, -0.2) is 27.9 Å². The normalized spacial score (nSPS) is 13.9. The van der Waals surface area contributed by atoms with Crippen LogP contribution < -0.4 is 15.0 Å². The van der Waals surface area contributed by atoms with Crippen LogP contribution in [0.2, 0.25) is 0 Å². The van der Waals surface area contributed by atoms with Gasteiger partial charge in [0.25, 0.3) is 5.56 Å². The molecule has 29 heavy (non-hydrogen) atoms. The van der Waals surface area contributed by atoms with E-state index < -0.39 is 6.61 Å². The summed E-state index contributed by atoms with van der Waals surface area (Å²) in [5, 5.41) is 6.95. The van der Waals surface area contributed by atoms with Gasteiger partial charge < -0.3 is 14.5 Å². The lowest BCUT2D eigenvalue weighted by molar-refractivity contribution is -0.0516. The van der Waals surface area contributed by atoms with Crippen LogP contribution in [-0.2, 0) is 6.42 Å². The first-order valence-electron chi connectivity index (χ1n) is 9.91. The van der Waals surface area contributed by atoms with Crippen molar-refractivity contribution >= 4 is 10.9 Å². The molecule has 1 saturated carbocycles. The first kappa shape index (κ1) is 19.4. The number of halogens is 2. The average Bonchev–Trinajstić information content (AvgIpc) is 3.42. The maximum absolute atomic E-state index is 12.8. The minimum Gasteiger partial charge on any atom is -0.487 e. The monoisotopic (exact) mass is 403 g/mol. The predicted octanol–water partition coefficient (Wildman–Crippen LogP) is 4.79. The summed E-state index contributed by atoms with van der Waals surface area (Å²) in [5.41, 5.74) is 2.83. The number of unbranched alkanes of at least 4 members (excludes halogenated alkanes) is 2. The fraction of sp³-hybridized carbons (Fsp3) is 0.429. The molecule has 0 amide bonds. The molecule has 0 aliphatic heterocycles. The largest absolute Gasteiger partial charge is 0.487 e. The van der Waals surface area contributed by atoms with Crippen LogP contribution in [0.4, 0.5) is 8.78 Å². The Hall–Kier alpha value is -2.90. The molecule has 154 valence electrons. The van der Waals surface area contributed by atoms with Gasteiger partial charge in [-0.15, -0.1) is 0 Å². The molecule has 1 aliphatic rings. The second-order valence-corrected chi connectivity index (χ2v) is 7.28. The Balaban J connectivity index is 1.79. The van der Waals surface area contributed by atoms with E-state index in [0.29, 0.717) is 10.9 Å². The molecule has 6 nitrogen and oxygen atoms in total. The highest BCUT2D eigenvalue weighted by Crippen LogP contribution is 2.39. The van der Waals surface area contributed by atoms with Gasteiger partial charge in [-0.3, -0.25) is 4.79 Å². The van der Waals surface area contributed by atoms with E-state index in [0.717, 1.165) is 55.3 Å². The van der Waals surface area contributed by atoms with Gasteiger partial charge in [-0.2, -0.15) is 13.9 Å². The van der Waals surface area contributed by atoms with Crippen LogP contribution >= 0.6 is 0 Å². The first-order valence-corrected chi connectivity index (χ1v) is 9.91. The predicted molar refractivity (Wildman–Crippen MR) is 106 cm³/mol. The molecule has 0 atom stereocenters. The smallest absolute Gasteiger partial charge is 0.387 e. The SMILES string of the molecule is CCCCCc1c(-c2ccc(OC(F)F)c(OC3CC3)c2)[nH]c2cn[nH]c(=O)c12. The molecule has 2 aromatic heterocycles. The summed E-state index contributed by atoms with van der Waals surface area (Å²) in [6.07, 6.45) is 7.19. The van der Waals surface area contributed by atoms with Crippen LogP contribution in [0.25, 0.3) is 22.2 Å². The number of benzene rings is 1. The second-order valence-electron chi connectivity index (χ2n) is 7.28. The van der Waals surface area contributed by atoms with Crippen molar-refractivity contribution in [2.24, 2.45) is 0 Å². The molecule has 0 unspecified atom stereocenters. The van der Waals surface area contributed by atoms with Gasteiger partial charge in [0.05, 0.1) is 28.9 Å². The maximum Gasteiger partial charge on any atom is 0.387 e. The van der Waals surface area contributed by atoms with Gasteiger partial charge in [-0.1, -0.05) is 19.8 Å². The Morgan fingerprint density at radius 1 is 1.24 bits per heavy atom. The van der Waals surface area contributed by atoms with E-state index in [4.69, 9.17) is 4.74 Å². The van der Waals surface area contributed by atoms with Crippen molar-refractivity contribution in [3.8, 4) is 22.8 Å². The van der Waals surface area contributed by atoms with Crippen molar-refractivity contribution in [2.75, 3.05) is 0 Å². The number of hydrogen-bond acceptors (Lipinski definition) is 4. The number of nitrogens with one attached hydrogen (secondary N) is 2. The van der Waals surface area contributed by atoms with Gasteiger partial charge in [-0.25, -0.2) is 5.10 Å². The quantitative estimate of drug-likeness (QED) is 0.503. The van der Waals surface area contributed by atoms with Crippen LogP contribution in [0, 0.1) is 0 Å². The molecule has 0 bridgehead atoms. The molecule has 1 fully saturated rings. The molecular weight excluding hydrogens is 380 g/mol. The average molecular weight is 403 g/mol. The van der Waals surface area contributed by atoms with Crippen LogP contribution in [0.5, 0.6) is 11.5 Å². The van der Waals surface area contributed by atoms with Gasteiger partial charge in [0, 0.05) is 5.56 Å². The fourth-order valence-electron chi connectivity index (χ4n) is 3.49. The number of hydrogen-bond donors (Lipinski definition) is 2. The van der Waals surface area contributed by atoms with Crippen molar-refractivity contribution in [2.45, 2.75) is 58.2 Å². The van der Waals surface area contributed by atoms with E-state index in [9.17, 15) is 13.6 Å². The second kappa shape index (κ2) is 8.23. The Labute approximate surface area is 166 Å². The lowest BCUT2D eigenvalue weighted by Crippen LogP contribution is -2.08. The van der Waals surface area contributed by atoms with Crippen molar-refractivity contribution < 1.29 is 18.3 Å². The summed E-state index contributed by atoms with van der Waals surface area (Å²) in [6.45, 7) is -0.805. The maximum atomic E-state index is 12.8.